The van der Waals surface area contributed by atoms with Gasteiger partial charge in [-0.1, -0.05) is 6.07 Å². The molecule has 1 saturated heterocycles. The molecule has 82 valence electrons. The number of piperazine rings is 1. The monoisotopic (exact) mass is 225 g/mol. The van der Waals surface area contributed by atoms with E-state index in [2.05, 4.69) is 27.9 Å². The number of aromatic nitrogens is 1. The third-order valence-corrected chi connectivity index (χ3v) is 3.03. The van der Waals surface area contributed by atoms with Crippen LogP contribution in [0, 0.1) is 0 Å². The topological polar surface area (TPSA) is 19.4 Å². The number of pyridine rings is 1. The smallest absolute Gasteiger partial charge is 0.128 e. The summed E-state index contributed by atoms with van der Waals surface area (Å²) >= 11 is 5.77. The number of anilines is 1. The molecule has 1 aromatic heterocycles. The zero-order chi connectivity index (χ0) is 10.7. The van der Waals surface area contributed by atoms with E-state index in [1.54, 1.807) is 0 Å². The van der Waals surface area contributed by atoms with E-state index >= 15 is 0 Å². The predicted octanol–water partition coefficient (Wildman–Crippen LogP) is 1.57. The van der Waals surface area contributed by atoms with Crippen molar-refractivity contribution >= 4 is 17.4 Å². The zero-order valence-corrected chi connectivity index (χ0v) is 9.74. The number of halogens is 1. The van der Waals surface area contributed by atoms with Crippen molar-refractivity contribution in [3.8, 4) is 0 Å². The summed E-state index contributed by atoms with van der Waals surface area (Å²) in [5.41, 5.74) is 0.952. The Hall–Kier alpha value is -0.800. The third kappa shape index (κ3) is 2.61. The Morgan fingerprint density at radius 2 is 2.00 bits per heavy atom. The van der Waals surface area contributed by atoms with E-state index in [0.717, 1.165) is 37.7 Å². The highest BCUT2D eigenvalue weighted by Crippen LogP contribution is 2.14. The minimum absolute atomic E-state index is 0.488. The molecular weight excluding hydrogens is 210 g/mol. The fourth-order valence-corrected chi connectivity index (χ4v) is 1.90. The molecule has 3 nitrogen and oxygen atoms in total. The molecule has 2 heterocycles. The average Bonchev–Trinajstić information content (AvgIpc) is 2.30. The van der Waals surface area contributed by atoms with Crippen molar-refractivity contribution in [2.45, 2.75) is 5.88 Å². The van der Waals surface area contributed by atoms with E-state index in [1.165, 1.54) is 0 Å². The molecule has 1 aliphatic rings. The van der Waals surface area contributed by atoms with Crippen molar-refractivity contribution in [3.63, 3.8) is 0 Å². The van der Waals surface area contributed by atoms with Gasteiger partial charge in [-0.3, -0.25) is 0 Å². The number of nitrogens with zero attached hydrogens (tertiary/aromatic N) is 3. The Bertz CT molecular complexity index is 321. The van der Waals surface area contributed by atoms with E-state index in [9.17, 15) is 0 Å². The molecule has 0 spiro atoms. The highest BCUT2D eigenvalue weighted by molar-refractivity contribution is 6.16. The fourth-order valence-electron chi connectivity index (χ4n) is 1.75. The Balaban J connectivity index is 2.08. The molecule has 15 heavy (non-hydrogen) atoms. The van der Waals surface area contributed by atoms with Crippen molar-refractivity contribution < 1.29 is 0 Å². The summed E-state index contributed by atoms with van der Waals surface area (Å²) in [5, 5.41) is 0. The minimum Gasteiger partial charge on any atom is -0.354 e. The molecule has 0 aromatic carbocycles. The van der Waals surface area contributed by atoms with E-state index in [0.29, 0.717) is 5.88 Å². The van der Waals surface area contributed by atoms with Crippen LogP contribution in [-0.4, -0.2) is 43.1 Å². The van der Waals surface area contributed by atoms with Gasteiger partial charge in [0.1, 0.15) is 5.82 Å². The second kappa shape index (κ2) is 4.81. The van der Waals surface area contributed by atoms with Gasteiger partial charge in [0.2, 0.25) is 0 Å². The first-order valence-corrected chi connectivity index (χ1v) is 5.78. The maximum absolute atomic E-state index is 5.77. The standard InChI is InChI=1S/C11H16ClN3/c1-14-5-7-15(8-6-14)11-4-2-3-10(9-12)13-11/h2-4H,5-9H2,1H3. The first-order chi connectivity index (χ1) is 7.29. The second-order valence-corrected chi connectivity index (χ2v) is 4.18. The number of likely N-dealkylation sites (N-methyl/N-ethyl adjacent to an activating group) is 1. The van der Waals surface area contributed by atoms with Crippen molar-refractivity contribution in [2.75, 3.05) is 38.1 Å². The van der Waals surface area contributed by atoms with Gasteiger partial charge in [0.15, 0.2) is 0 Å². The number of hydrogen-bond donors (Lipinski definition) is 0. The summed E-state index contributed by atoms with van der Waals surface area (Å²) < 4.78 is 0. The molecule has 1 aliphatic heterocycles. The van der Waals surface area contributed by atoms with Gasteiger partial charge >= 0.3 is 0 Å². The maximum Gasteiger partial charge on any atom is 0.128 e. The van der Waals surface area contributed by atoms with Crippen molar-refractivity contribution in [1.82, 2.24) is 9.88 Å². The summed E-state index contributed by atoms with van der Waals surface area (Å²) in [4.78, 5) is 9.17. The van der Waals surface area contributed by atoms with Gasteiger partial charge in [-0.05, 0) is 19.2 Å². The van der Waals surface area contributed by atoms with Crippen LogP contribution in [0.5, 0.6) is 0 Å². The Kier molecular flexibility index (Phi) is 3.44. The van der Waals surface area contributed by atoms with Gasteiger partial charge in [-0.25, -0.2) is 4.98 Å². The van der Waals surface area contributed by atoms with Crippen LogP contribution in [0.4, 0.5) is 5.82 Å². The maximum atomic E-state index is 5.77. The van der Waals surface area contributed by atoms with Crippen LogP contribution < -0.4 is 4.90 Å². The van der Waals surface area contributed by atoms with Gasteiger partial charge in [-0.15, -0.1) is 11.6 Å². The molecule has 0 radical (unpaired) electrons. The van der Waals surface area contributed by atoms with E-state index in [-0.39, 0.29) is 0 Å². The average molecular weight is 226 g/mol. The highest BCUT2D eigenvalue weighted by atomic mass is 35.5. The molecule has 0 N–H and O–H groups in total. The second-order valence-electron chi connectivity index (χ2n) is 3.91. The molecule has 0 bridgehead atoms. The van der Waals surface area contributed by atoms with Gasteiger partial charge in [0.05, 0.1) is 11.6 Å². The van der Waals surface area contributed by atoms with E-state index < -0.39 is 0 Å². The lowest BCUT2D eigenvalue weighted by Crippen LogP contribution is -2.44. The molecule has 4 heteroatoms. The lowest BCUT2D eigenvalue weighted by atomic mass is 10.3. The van der Waals surface area contributed by atoms with E-state index in [4.69, 9.17) is 11.6 Å². The SMILES string of the molecule is CN1CCN(c2cccc(CCl)n2)CC1. The highest BCUT2D eigenvalue weighted by Gasteiger charge is 2.14. The summed E-state index contributed by atoms with van der Waals surface area (Å²) in [6, 6.07) is 6.05. The van der Waals surface area contributed by atoms with Gasteiger partial charge in [0, 0.05) is 26.2 Å². The summed E-state index contributed by atoms with van der Waals surface area (Å²) in [6.45, 7) is 4.31. The normalized spacial score (nSPS) is 18.1. The molecule has 1 fully saturated rings. The van der Waals surface area contributed by atoms with Crippen molar-refractivity contribution in [1.29, 1.82) is 0 Å². The first-order valence-electron chi connectivity index (χ1n) is 5.25. The Morgan fingerprint density at radius 3 is 2.67 bits per heavy atom. The zero-order valence-electron chi connectivity index (χ0n) is 8.99. The lowest BCUT2D eigenvalue weighted by molar-refractivity contribution is 0.312. The van der Waals surface area contributed by atoms with Gasteiger partial charge in [0.25, 0.3) is 0 Å². The quantitative estimate of drug-likeness (QED) is 0.713. The largest absolute Gasteiger partial charge is 0.354 e. The van der Waals surface area contributed by atoms with Crippen LogP contribution in [0.15, 0.2) is 18.2 Å². The molecule has 0 amide bonds. The van der Waals surface area contributed by atoms with Crippen LogP contribution in [-0.2, 0) is 5.88 Å². The van der Waals surface area contributed by atoms with Crippen LogP contribution in [0.2, 0.25) is 0 Å². The van der Waals surface area contributed by atoms with Gasteiger partial charge < -0.3 is 9.80 Å². The van der Waals surface area contributed by atoms with Crippen LogP contribution in [0.3, 0.4) is 0 Å². The van der Waals surface area contributed by atoms with Crippen molar-refractivity contribution in [3.05, 3.63) is 23.9 Å². The molecule has 1 aromatic rings. The molecule has 2 rings (SSSR count). The molecule has 0 aliphatic carbocycles. The third-order valence-electron chi connectivity index (χ3n) is 2.76. The summed E-state index contributed by atoms with van der Waals surface area (Å²) in [7, 11) is 2.15. The van der Waals surface area contributed by atoms with Crippen molar-refractivity contribution in [2.24, 2.45) is 0 Å². The lowest BCUT2D eigenvalue weighted by Gasteiger charge is -2.33. The molecule has 0 saturated carbocycles. The number of hydrogen-bond acceptors (Lipinski definition) is 3. The summed E-state index contributed by atoms with van der Waals surface area (Å²) in [5.74, 6) is 1.54. The predicted molar refractivity (Wildman–Crippen MR) is 63.5 cm³/mol. The molecule has 0 atom stereocenters. The van der Waals surface area contributed by atoms with E-state index in [1.807, 2.05) is 12.1 Å². The van der Waals surface area contributed by atoms with Crippen LogP contribution in [0.1, 0.15) is 5.69 Å². The minimum atomic E-state index is 0.488. The number of rotatable bonds is 2. The Labute approximate surface area is 95.7 Å². The molecule has 0 unspecified atom stereocenters. The molecular formula is C11H16ClN3. The van der Waals surface area contributed by atoms with Crippen LogP contribution >= 0.6 is 11.6 Å². The van der Waals surface area contributed by atoms with Gasteiger partial charge in [-0.2, -0.15) is 0 Å². The summed E-state index contributed by atoms with van der Waals surface area (Å²) in [6.07, 6.45) is 0. The fraction of sp³-hybridized carbons (Fsp3) is 0.545. The van der Waals surface area contributed by atoms with Crippen LogP contribution in [0.25, 0.3) is 0 Å². The number of alkyl halides is 1. The first kappa shape index (κ1) is 10.7. The Morgan fingerprint density at radius 1 is 1.27 bits per heavy atom.